The highest BCUT2D eigenvalue weighted by Crippen LogP contribution is 2.28. The highest BCUT2D eigenvalue weighted by atomic mass is 19.4. The van der Waals surface area contributed by atoms with Gasteiger partial charge in [-0.3, -0.25) is 0 Å². The zero-order valence-corrected chi connectivity index (χ0v) is 9.99. The number of nitrogens with zero attached hydrogens (tertiary/aromatic N) is 3. The van der Waals surface area contributed by atoms with Crippen molar-refractivity contribution >= 4 is 5.84 Å². The smallest absolute Gasteiger partial charge is 0.425 e. The molecular weight excluding hydrogens is 253 g/mol. The molecule has 1 aromatic heterocycles. The molecule has 0 aliphatic rings. The second-order valence-corrected chi connectivity index (χ2v) is 3.68. The number of hydrogen-bond donors (Lipinski definition) is 2. The van der Waals surface area contributed by atoms with Crippen LogP contribution in [-0.4, -0.2) is 33.1 Å². The summed E-state index contributed by atoms with van der Waals surface area (Å²) in [4.78, 5) is 0. The normalized spacial score (nSPS) is 14.7. The number of alkyl halides is 3. The summed E-state index contributed by atoms with van der Waals surface area (Å²) in [6.07, 6.45) is -6.54. The average molecular weight is 266 g/mol. The predicted octanol–water partition coefficient (Wildman–Crippen LogP) is 1.15. The molecule has 1 unspecified atom stereocenters. The molecule has 0 saturated heterocycles. The lowest BCUT2D eigenvalue weighted by Crippen LogP contribution is -2.32. The molecule has 1 rings (SSSR count). The number of oxime groups is 1. The first-order valence-electron chi connectivity index (χ1n) is 4.93. The number of hydrogen-bond acceptors (Lipinski definition) is 4. The van der Waals surface area contributed by atoms with E-state index in [-0.39, 0.29) is 17.3 Å². The SMILES string of the molecule is Cc1nn(C)c(OC(C)C(F)(F)F)c1C(N)=NO. The van der Waals surface area contributed by atoms with E-state index in [9.17, 15) is 13.2 Å². The van der Waals surface area contributed by atoms with Crippen molar-refractivity contribution in [1.29, 1.82) is 0 Å². The highest BCUT2D eigenvalue weighted by molar-refractivity contribution is 6.00. The maximum atomic E-state index is 12.4. The van der Waals surface area contributed by atoms with Gasteiger partial charge < -0.3 is 15.7 Å². The number of rotatable bonds is 3. The lowest BCUT2D eigenvalue weighted by atomic mass is 10.2. The van der Waals surface area contributed by atoms with E-state index in [1.165, 1.54) is 14.0 Å². The molecule has 0 saturated carbocycles. The van der Waals surface area contributed by atoms with Crippen LogP contribution in [0.4, 0.5) is 13.2 Å². The van der Waals surface area contributed by atoms with Gasteiger partial charge >= 0.3 is 6.18 Å². The molecule has 6 nitrogen and oxygen atoms in total. The van der Waals surface area contributed by atoms with E-state index in [1.54, 1.807) is 0 Å². The Bertz CT molecular complexity index is 467. The fraction of sp³-hybridized carbons (Fsp3) is 0.556. The van der Waals surface area contributed by atoms with E-state index in [0.29, 0.717) is 5.69 Å². The fourth-order valence-electron chi connectivity index (χ4n) is 1.35. The highest BCUT2D eigenvalue weighted by Gasteiger charge is 2.39. The van der Waals surface area contributed by atoms with Gasteiger partial charge in [0.1, 0.15) is 5.56 Å². The molecule has 0 amide bonds. The molecule has 102 valence electrons. The van der Waals surface area contributed by atoms with Gasteiger partial charge in [-0.1, -0.05) is 5.16 Å². The summed E-state index contributed by atoms with van der Waals surface area (Å²) >= 11 is 0. The Labute approximate surface area is 101 Å². The van der Waals surface area contributed by atoms with Gasteiger partial charge in [-0.2, -0.15) is 18.3 Å². The minimum absolute atomic E-state index is 0.0381. The monoisotopic (exact) mass is 266 g/mol. The third kappa shape index (κ3) is 2.66. The van der Waals surface area contributed by atoms with Crippen molar-refractivity contribution in [2.24, 2.45) is 17.9 Å². The van der Waals surface area contributed by atoms with Crippen LogP contribution >= 0.6 is 0 Å². The van der Waals surface area contributed by atoms with E-state index in [2.05, 4.69) is 10.3 Å². The first-order chi connectivity index (χ1) is 8.18. The van der Waals surface area contributed by atoms with Crippen LogP contribution in [-0.2, 0) is 7.05 Å². The van der Waals surface area contributed by atoms with Crippen LogP contribution in [0.3, 0.4) is 0 Å². The maximum Gasteiger partial charge on any atom is 0.425 e. The molecule has 0 bridgehead atoms. The molecule has 0 radical (unpaired) electrons. The average Bonchev–Trinajstić information content (AvgIpc) is 2.51. The molecular formula is C9H13F3N4O2. The summed E-state index contributed by atoms with van der Waals surface area (Å²) in [6.45, 7) is 2.37. The van der Waals surface area contributed by atoms with E-state index in [4.69, 9.17) is 15.7 Å². The van der Waals surface area contributed by atoms with Crippen molar-refractivity contribution in [3.8, 4) is 5.88 Å². The second-order valence-electron chi connectivity index (χ2n) is 3.68. The van der Waals surface area contributed by atoms with Gasteiger partial charge in [0, 0.05) is 7.05 Å². The molecule has 0 spiro atoms. The summed E-state index contributed by atoms with van der Waals surface area (Å²) < 4.78 is 43.2. The summed E-state index contributed by atoms with van der Waals surface area (Å²) in [5.74, 6) is -0.558. The predicted molar refractivity (Wildman–Crippen MR) is 56.6 cm³/mol. The minimum atomic E-state index is -4.51. The van der Waals surface area contributed by atoms with Crippen LogP contribution in [0.1, 0.15) is 18.2 Å². The Morgan fingerprint density at radius 1 is 1.56 bits per heavy atom. The zero-order valence-electron chi connectivity index (χ0n) is 9.99. The van der Waals surface area contributed by atoms with Crippen molar-refractivity contribution in [3.05, 3.63) is 11.3 Å². The third-order valence-corrected chi connectivity index (χ3v) is 2.28. The van der Waals surface area contributed by atoms with E-state index in [0.717, 1.165) is 11.6 Å². The molecule has 18 heavy (non-hydrogen) atoms. The van der Waals surface area contributed by atoms with Crippen LogP contribution in [0, 0.1) is 6.92 Å². The number of aromatic nitrogens is 2. The van der Waals surface area contributed by atoms with Gasteiger partial charge in [0.05, 0.1) is 5.69 Å². The minimum Gasteiger partial charge on any atom is -0.465 e. The fourth-order valence-corrected chi connectivity index (χ4v) is 1.35. The molecule has 1 aromatic rings. The Hall–Kier alpha value is -1.93. The van der Waals surface area contributed by atoms with Crippen molar-refractivity contribution in [3.63, 3.8) is 0 Å². The molecule has 1 atom stereocenters. The summed E-state index contributed by atoms with van der Waals surface area (Å²) in [7, 11) is 1.40. The number of halogens is 3. The zero-order chi connectivity index (χ0) is 14.1. The number of nitrogens with two attached hydrogens (primary N) is 1. The first kappa shape index (κ1) is 14.1. The Morgan fingerprint density at radius 2 is 2.11 bits per heavy atom. The Kier molecular flexibility index (Phi) is 3.73. The quantitative estimate of drug-likeness (QED) is 0.372. The molecule has 9 heteroatoms. The molecule has 0 aliphatic carbocycles. The van der Waals surface area contributed by atoms with Crippen LogP contribution in [0.25, 0.3) is 0 Å². The molecule has 0 aliphatic heterocycles. The van der Waals surface area contributed by atoms with Gasteiger partial charge in [0.2, 0.25) is 5.88 Å². The van der Waals surface area contributed by atoms with Gasteiger partial charge in [-0.25, -0.2) is 4.68 Å². The molecule has 3 N–H and O–H groups in total. The van der Waals surface area contributed by atoms with Gasteiger partial charge in [-0.15, -0.1) is 0 Å². The Balaban J connectivity index is 3.17. The van der Waals surface area contributed by atoms with Crippen molar-refractivity contribution < 1.29 is 23.1 Å². The number of amidine groups is 1. The second kappa shape index (κ2) is 4.75. The van der Waals surface area contributed by atoms with Crippen molar-refractivity contribution in [2.75, 3.05) is 0 Å². The topological polar surface area (TPSA) is 85.7 Å². The van der Waals surface area contributed by atoms with Crippen molar-refractivity contribution in [2.45, 2.75) is 26.1 Å². The molecule has 0 fully saturated rings. The van der Waals surface area contributed by atoms with Gasteiger partial charge in [0.15, 0.2) is 11.9 Å². The van der Waals surface area contributed by atoms with Crippen molar-refractivity contribution in [1.82, 2.24) is 9.78 Å². The summed E-state index contributed by atoms with van der Waals surface area (Å²) in [5, 5.41) is 15.2. The van der Waals surface area contributed by atoms with Gasteiger partial charge in [0.25, 0.3) is 0 Å². The lowest BCUT2D eigenvalue weighted by Gasteiger charge is -2.18. The number of aryl methyl sites for hydroxylation is 2. The van der Waals surface area contributed by atoms with Crippen LogP contribution in [0.2, 0.25) is 0 Å². The summed E-state index contributed by atoms with van der Waals surface area (Å²) in [6, 6.07) is 0. The van der Waals surface area contributed by atoms with Crippen LogP contribution < -0.4 is 10.5 Å². The maximum absolute atomic E-state index is 12.4. The van der Waals surface area contributed by atoms with E-state index >= 15 is 0 Å². The van der Waals surface area contributed by atoms with Gasteiger partial charge in [-0.05, 0) is 13.8 Å². The largest absolute Gasteiger partial charge is 0.465 e. The summed E-state index contributed by atoms with van der Waals surface area (Å²) in [5.41, 5.74) is 5.72. The van der Waals surface area contributed by atoms with E-state index in [1.807, 2.05) is 0 Å². The standard InChI is InChI=1S/C9H13F3N4O2/c1-4-6(7(13)15-17)8(16(3)14-4)18-5(2)9(10,11)12/h5,17H,1-3H3,(H2,13,15). The number of ether oxygens (including phenoxy) is 1. The van der Waals surface area contributed by atoms with Crippen LogP contribution in [0.15, 0.2) is 5.16 Å². The van der Waals surface area contributed by atoms with Crippen LogP contribution in [0.5, 0.6) is 5.88 Å². The third-order valence-electron chi connectivity index (χ3n) is 2.28. The van der Waals surface area contributed by atoms with E-state index < -0.39 is 12.3 Å². The molecule has 1 heterocycles. The first-order valence-corrected chi connectivity index (χ1v) is 4.93. The lowest BCUT2D eigenvalue weighted by molar-refractivity contribution is -0.190. The Morgan fingerprint density at radius 3 is 2.56 bits per heavy atom. The molecule has 0 aromatic carbocycles.